The molecule has 1 amide bonds. The fraction of sp³-hybridized carbons (Fsp3) is 0.158. The second-order valence-electron chi connectivity index (χ2n) is 5.97. The lowest BCUT2D eigenvalue weighted by Crippen LogP contribution is -2.14. The monoisotopic (exact) mass is 454 g/mol. The molecule has 0 aliphatic rings. The van der Waals surface area contributed by atoms with Gasteiger partial charge in [0, 0.05) is 27.4 Å². The van der Waals surface area contributed by atoms with E-state index in [9.17, 15) is 13.2 Å². The number of anilines is 1. The van der Waals surface area contributed by atoms with Crippen molar-refractivity contribution >= 4 is 55.4 Å². The summed E-state index contributed by atoms with van der Waals surface area (Å²) in [7, 11) is -3.44. The molecular weight excluding hydrogens is 439 g/mol. The zero-order valence-corrected chi connectivity index (χ0v) is 17.7. The van der Waals surface area contributed by atoms with Crippen LogP contribution in [0.3, 0.4) is 0 Å². The highest BCUT2D eigenvalue weighted by Gasteiger charge is 2.15. The fourth-order valence-electron chi connectivity index (χ4n) is 2.45. The van der Waals surface area contributed by atoms with Crippen molar-refractivity contribution < 1.29 is 13.2 Å². The van der Waals surface area contributed by atoms with Crippen LogP contribution >= 0.6 is 34.5 Å². The van der Waals surface area contributed by atoms with Gasteiger partial charge in [-0.05, 0) is 42.8 Å². The van der Waals surface area contributed by atoms with Gasteiger partial charge in [-0.2, -0.15) is 0 Å². The van der Waals surface area contributed by atoms with Crippen molar-refractivity contribution in [2.45, 2.75) is 17.7 Å². The molecule has 1 N–H and O–H groups in total. The van der Waals surface area contributed by atoms with E-state index in [1.54, 1.807) is 12.1 Å². The highest BCUT2D eigenvalue weighted by atomic mass is 35.5. The lowest BCUT2D eigenvalue weighted by molar-refractivity contribution is -0.116. The summed E-state index contributed by atoms with van der Waals surface area (Å²) < 4.78 is 24.5. The number of hydrogen-bond donors (Lipinski definition) is 1. The van der Waals surface area contributed by atoms with Crippen molar-refractivity contribution in [3.05, 3.63) is 64.0 Å². The smallest absolute Gasteiger partial charge is 0.226 e. The third-order valence-corrected chi connectivity index (χ3v) is 6.96. The predicted molar refractivity (Wildman–Crippen MR) is 114 cm³/mol. The molecule has 0 spiro atoms. The fourth-order valence-corrected chi connectivity index (χ4v) is 4.75. The minimum atomic E-state index is -3.44. The topological polar surface area (TPSA) is 76.1 Å². The standard InChI is InChI=1S/C19H16Cl2N2O3S2/c20-14-5-3-13(4-6-14)17-12-27-19(22-17)23-18(24)2-1-11-28(25,26)16-9-7-15(21)8-10-16/h3-10,12H,1-2,11H2,(H,22,23,24). The van der Waals surface area contributed by atoms with Crippen LogP contribution in [0.25, 0.3) is 11.3 Å². The first-order valence-electron chi connectivity index (χ1n) is 8.33. The van der Waals surface area contributed by atoms with Gasteiger partial charge in [-0.15, -0.1) is 11.3 Å². The number of nitrogens with one attached hydrogen (secondary N) is 1. The van der Waals surface area contributed by atoms with Gasteiger partial charge < -0.3 is 5.32 Å². The molecule has 1 heterocycles. The maximum Gasteiger partial charge on any atom is 0.226 e. The Kier molecular flexibility index (Phi) is 6.72. The summed E-state index contributed by atoms with van der Waals surface area (Å²) in [6.07, 6.45) is 0.300. The molecule has 2 aromatic carbocycles. The molecule has 0 saturated carbocycles. The SMILES string of the molecule is O=C(CCCS(=O)(=O)c1ccc(Cl)cc1)Nc1nc(-c2ccc(Cl)cc2)cs1. The molecule has 0 radical (unpaired) electrons. The number of halogens is 2. The van der Waals surface area contributed by atoms with Crippen molar-refractivity contribution in [1.29, 1.82) is 0 Å². The number of sulfone groups is 1. The van der Waals surface area contributed by atoms with Crippen LogP contribution in [-0.2, 0) is 14.6 Å². The number of amides is 1. The number of rotatable bonds is 7. The van der Waals surface area contributed by atoms with Crippen LogP contribution in [0.2, 0.25) is 10.0 Å². The predicted octanol–water partition coefficient (Wildman–Crippen LogP) is 5.31. The first kappa shape index (κ1) is 20.8. The van der Waals surface area contributed by atoms with Crippen molar-refractivity contribution in [2.24, 2.45) is 0 Å². The van der Waals surface area contributed by atoms with E-state index in [4.69, 9.17) is 23.2 Å². The maximum atomic E-state index is 12.3. The number of aromatic nitrogens is 1. The number of nitrogens with zero attached hydrogens (tertiary/aromatic N) is 1. The van der Waals surface area contributed by atoms with E-state index in [0.29, 0.717) is 15.2 Å². The highest BCUT2D eigenvalue weighted by Crippen LogP contribution is 2.26. The average Bonchev–Trinajstić information content (AvgIpc) is 3.11. The molecule has 0 bridgehead atoms. The summed E-state index contributed by atoms with van der Waals surface area (Å²) in [6.45, 7) is 0. The number of hydrogen-bond acceptors (Lipinski definition) is 5. The lowest BCUT2D eigenvalue weighted by atomic mass is 10.2. The Labute approximate surface area is 177 Å². The van der Waals surface area contributed by atoms with E-state index >= 15 is 0 Å². The van der Waals surface area contributed by atoms with Crippen molar-refractivity contribution in [3.8, 4) is 11.3 Å². The van der Waals surface area contributed by atoms with E-state index in [1.807, 2.05) is 17.5 Å². The molecule has 3 aromatic rings. The Morgan fingerprint density at radius 1 is 1.00 bits per heavy atom. The van der Waals surface area contributed by atoms with Gasteiger partial charge in [0.25, 0.3) is 0 Å². The third kappa shape index (κ3) is 5.54. The quantitative estimate of drug-likeness (QED) is 0.524. The van der Waals surface area contributed by atoms with Gasteiger partial charge in [0.2, 0.25) is 5.91 Å². The molecular formula is C19H16Cl2N2O3S2. The Hall–Kier alpha value is -1.93. The first-order valence-corrected chi connectivity index (χ1v) is 11.6. The number of carbonyl (C=O) groups is 1. The molecule has 0 atom stereocenters. The van der Waals surface area contributed by atoms with Gasteiger partial charge in [-0.25, -0.2) is 13.4 Å². The zero-order valence-electron chi connectivity index (χ0n) is 14.6. The second-order valence-corrected chi connectivity index (χ2v) is 9.81. The van der Waals surface area contributed by atoms with Crippen LogP contribution in [0.5, 0.6) is 0 Å². The summed E-state index contributed by atoms with van der Waals surface area (Å²) in [5.74, 6) is -0.390. The lowest BCUT2D eigenvalue weighted by Gasteiger charge is -2.05. The zero-order chi connectivity index (χ0) is 20.1. The Morgan fingerprint density at radius 2 is 1.61 bits per heavy atom. The number of carbonyl (C=O) groups excluding carboxylic acids is 1. The Bertz CT molecular complexity index is 1060. The molecule has 9 heteroatoms. The van der Waals surface area contributed by atoms with Gasteiger partial charge in [-0.1, -0.05) is 35.3 Å². The van der Waals surface area contributed by atoms with E-state index in [0.717, 1.165) is 11.3 Å². The molecule has 0 aliphatic heterocycles. The largest absolute Gasteiger partial charge is 0.302 e. The van der Waals surface area contributed by atoms with Gasteiger partial charge in [0.05, 0.1) is 16.3 Å². The molecule has 3 rings (SSSR count). The van der Waals surface area contributed by atoms with Crippen molar-refractivity contribution in [1.82, 2.24) is 4.98 Å². The maximum absolute atomic E-state index is 12.3. The van der Waals surface area contributed by atoms with Gasteiger partial charge in [0.15, 0.2) is 15.0 Å². The van der Waals surface area contributed by atoms with E-state index < -0.39 is 9.84 Å². The van der Waals surface area contributed by atoms with Crippen LogP contribution in [0.4, 0.5) is 5.13 Å². The summed E-state index contributed by atoms with van der Waals surface area (Å²) >= 11 is 13.0. The van der Waals surface area contributed by atoms with Gasteiger partial charge in [0.1, 0.15) is 0 Å². The van der Waals surface area contributed by atoms with E-state index in [1.165, 1.54) is 35.6 Å². The van der Waals surface area contributed by atoms with E-state index in [-0.39, 0.29) is 29.4 Å². The Balaban J connectivity index is 1.52. The normalized spacial score (nSPS) is 11.4. The molecule has 0 unspecified atom stereocenters. The minimum absolute atomic E-state index is 0.0860. The van der Waals surface area contributed by atoms with Crippen LogP contribution < -0.4 is 5.32 Å². The number of benzene rings is 2. The van der Waals surface area contributed by atoms with Crippen molar-refractivity contribution in [2.75, 3.05) is 11.1 Å². The van der Waals surface area contributed by atoms with Crippen LogP contribution in [-0.4, -0.2) is 25.1 Å². The molecule has 0 aliphatic carbocycles. The molecule has 146 valence electrons. The summed E-state index contributed by atoms with van der Waals surface area (Å²) in [5.41, 5.74) is 1.64. The third-order valence-electron chi connectivity index (χ3n) is 3.88. The average molecular weight is 455 g/mol. The minimum Gasteiger partial charge on any atom is -0.302 e. The number of thiazole rings is 1. The van der Waals surface area contributed by atoms with Crippen LogP contribution in [0, 0.1) is 0 Å². The highest BCUT2D eigenvalue weighted by molar-refractivity contribution is 7.91. The molecule has 0 saturated heterocycles. The molecule has 1 aromatic heterocycles. The second kappa shape index (κ2) is 9.05. The van der Waals surface area contributed by atoms with Gasteiger partial charge >= 0.3 is 0 Å². The first-order chi connectivity index (χ1) is 13.3. The Morgan fingerprint density at radius 3 is 2.25 bits per heavy atom. The summed E-state index contributed by atoms with van der Waals surface area (Å²) in [5, 5.41) is 6.12. The summed E-state index contributed by atoms with van der Waals surface area (Å²) in [6, 6.07) is 13.2. The molecule has 5 nitrogen and oxygen atoms in total. The van der Waals surface area contributed by atoms with Crippen LogP contribution in [0.15, 0.2) is 58.8 Å². The summed E-state index contributed by atoms with van der Waals surface area (Å²) in [4.78, 5) is 16.7. The molecule has 28 heavy (non-hydrogen) atoms. The van der Waals surface area contributed by atoms with Gasteiger partial charge in [-0.3, -0.25) is 4.79 Å². The molecule has 0 fully saturated rings. The van der Waals surface area contributed by atoms with E-state index in [2.05, 4.69) is 10.3 Å². The van der Waals surface area contributed by atoms with Crippen LogP contribution in [0.1, 0.15) is 12.8 Å². The van der Waals surface area contributed by atoms with Crippen molar-refractivity contribution in [3.63, 3.8) is 0 Å².